The van der Waals surface area contributed by atoms with E-state index in [1.54, 1.807) is 24.3 Å². The molecule has 2 aromatic rings. The molecule has 0 amide bonds. The second-order valence-electron chi connectivity index (χ2n) is 5.22. The number of rotatable bonds is 2. The Bertz CT molecular complexity index is 610. The van der Waals surface area contributed by atoms with Gasteiger partial charge in [0.05, 0.1) is 6.04 Å². The van der Waals surface area contributed by atoms with Gasteiger partial charge in [-0.05, 0) is 55.8 Å². The number of halogens is 2. The lowest BCUT2D eigenvalue weighted by molar-refractivity contribution is 0.583. The zero-order chi connectivity index (χ0) is 14.1. The molecule has 2 N–H and O–H groups in total. The van der Waals surface area contributed by atoms with Crippen molar-refractivity contribution in [3.8, 4) is 0 Å². The first kappa shape index (κ1) is 12.9. The summed E-state index contributed by atoms with van der Waals surface area (Å²) in [5.41, 5.74) is 2.69. The number of benzene rings is 2. The van der Waals surface area contributed by atoms with Gasteiger partial charge >= 0.3 is 0 Å². The lowest BCUT2D eigenvalue weighted by atomic mass is 9.93. The number of anilines is 2. The topological polar surface area (TPSA) is 24.1 Å². The van der Waals surface area contributed by atoms with Crippen molar-refractivity contribution in [2.24, 2.45) is 0 Å². The molecule has 0 aliphatic carbocycles. The van der Waals surface area contributed by atoms with E-state index in [0.717, 1.165) is 23.4 Å². The summed E-state index contributed by atoms with van der Waals surface area (Å²) in [5, 5.41) is 6.69. The number of fused-ring (bicyclic) bond motifs is 1. The highest BCUT2D eigenvalue weighted by atomic mass is 19.1. The monoisotopic (exact) mass is 274 g/mol. The maximum atomic E-state index is 13.5. The van der Waals surface area contributed by atoms with E-state index in [0.29, 0.717) is 6.04 Å². The van der Waals surface area contributed by atoms with Crippen LogP contribution in [0, 0.1) is 11.6 Å². The van der Waals surface area contributed by atoms with Crippen LogP contribution in [0.4, 0.5) is 20.2 Å². The molecule has 0 unspecified atom stereocenters. The molecule has 0 spiro atoms. The minimum atomic E-state index is -0.263. The molecule has 0 bridgehead atoms. The first-order valence-corrected chi connectivity index (χ1v) is 6.70. The van der Waals surface area contributed by atoms with E-state index in [-0.39, 0.29) is 17.7 Å². The van der Waals surface area contributed by atoms with E-state index in [4.69, 9.17) is 0 Å². The maximum absolute atomic E-state index is 13.5. The van der Waals surface area contributed by atoms with Crippen molar-refractivity contribution in [2.45, 2.75) is 25.4 Å². The minimum absolute atomic E-state index is 0.0161. The van der Waals surface area contributed by atoms with Gasteiger partial charge in [-0.15, -0.1) is 0 Å². The number of hydrogen-bond donors (Lipinski definition) is 2. The molecule has 3 rings (SSSR count). The van der Waals surface area contributed by atoms with Crippen molar-refractivity contribution in [3.05, 3.63) is 59.7 Å². The molecule has 1 heterocycles. The van der Waals surface area contributed by atoms with Crippen LogP contribution >= 0.6 is 0 Å². The van der Waals surface area contributed by atoms with Crippen LogP contribution in [0.1, 0.15) is 24.9 Å². The van der Waals surface area contributed by atoms with E-state index in [9.17, 15) is 8.78 Å². The van der Waals surface area contributed by atoms with E-state index < -0.39 is 0 Å². The summed E-state index contributed by atoms with van der Waals surface area (Å²) in [6, 6.07) is 11.3. The van der Waals surface area contributed by atoms with Crippen LogP contribution in [-0.4, -0.2) is 6.04 Å². The van der Waals surface area contributed by atoms with Crippen molar-refractivity contribution in [2.75, 3.05) is 10.6 Å². The second-order valence-corrected chi connectivity index (χ2v) is 5.22. The fraction of sp³-hybridized carbons (Fsp3) is 0.250. The van der Waals surface area contributed by atoms with E-state index in [2.05, 4.69) is 17.6 Å². The summed E-state index contributed by atoms with van der Waals surface area (Å²) in [6.07, 6.45) is 0.841. The van der Waals surface area contributed by atoms with Gasteiger partial charge in [0.1, 0.15) is 11.6 Å². The highest BCUT2D eigenvalue weighted by Gasteiger charge is 2.24. The summed E-state index contributed by atoms with van der Waals surface area (Å²) >= 11 is 0. The van der Waals surface area contributed by atoms with E-state index in [1.165, 1.54) is 18.2 Å². The van der Waals surface area contributed by atoms with Crippen LogP contribution in [0.5, 0.6) is 0 Å². The lowest BCUT2D eigenvalue weighted by Crippen LogP contribution is -2.29. The molecule has 0 saturated heterocycles. The summed E-state index contributed by atoms with van der Waals surface area (Å²) in [6.45, 7) is 2.09. The molecule has 1 aliphatic heterocycles. The molecule has 20 heavy (non-hydrogen) atoms. The Morgan fingerprint density at radius 2 is 1.75 bits per heavy atom. The van der Waals surface area contributed by atoms with Crippen LogP contribution in [0.25, 0.3) is 0 Å². The molecular weight excluding hydrogens is 258 g/mol. The van der Waals surface area contributed by atoms with Crippen LogP contribution < -0.4 is 10.6 Å². The number of nitrogens with one attached hydrogen (secondary N) is 2. The van der Waals surface area contributed by atoms with Crippen LogP contribution in [-0.2, 0) is 0 Å². The molecule has 2 nitrogen and oxygen atoms in total. The fourth-order valence-electron chi connectivity index (χ4n) is 2.64. The molecule has 0 radical (unpaired) electrons. The lowest BCUT2D eigenvalue weighted by Gasteiger charge is -2.32. The molecule has 2 aromatic carbocycles. The number of hydrogen-bond acceptors (Lipinski definition) is 2. The Labute approximate surface area is 116 Å². The van der Waals surface area contributed by atoms with Gasteiger partial charge in [0.15, 0.2) is 0 Å². The first-order valence-electron chi connectivity index (χ1n) is 6.70. The smallest absolute Gasteiger partial charge is 0.123 e. The fourth-order valence-corrected chi connectivity index (χ4v) is 2.64. The van der Waals surface area contributed by atoms with Crippen molar-refractivity contribution in [3.63, 3.8) is 0 Å². The van der Waals surface area contributed by atoms with Gasteiger partial charge in [-0.1, -0.05) is 0 Å². The van der Waals surface area contributed by atoms with E-state index >= 15 is 0 Å². The molecule has 0 saturated carbocycles. The quantitative estimate of drug-likeness (QED) is 0.852. The molecule has 104 valence electrons. The van der Waals surface area contributed by atoms with Crippen LogP contribution in [0.2, 0.25) is 0 Å². The third-order valence-corrected chi connectivity index (χ3v) is 3.57. The van der Waals surface area contributed by atoms with Crippen molar-refractivity contribution >= 4 is 11.4 Å². The van der Waals surface area contributed by atoms with Crippen molar-refractivity contribution in [1.29, 1.82) is 0 Å². The molecule has 1 aliphatic rings. The zero-order valence-corrected chi connectivity index (χ0v) is 11.2. The maximum Gasteiger partial charge on any atom is 0.123 e. The normalized spacial score (nSPS) is 20.9. The molecule has 0 aromatic heterocycles. The third-order valence-electron chi connectivity index (χ3n) is 3.57. The Balaban J connectivity index is 1.90. The molecular formula is C16H16F2N2. The SMILES string of the molecule is C[C@@H]1C[C@@H](Nc2ccc(F)cc2)c2cc(F)ccc2N1. The van der Waals surface area contributed by atoms with Gasteiger partial charge in [-0.2, -0.15) is 0 Å². The van der Waals surface area contributed by atoms with Gasteiger partial charge in [0.25, 0.3) is 0 Å². The first-order chi connectivity index (χ1) is 9.61. The highest BCUT2D eigenvalue weighted by Crippen LogP contribution is 2.35. The molecule has 0 fully saturated rings. The van der Waals surface area contributed by atoms with Crippen molar-refractivity contribution in [1.82, 2.24) is 0 Å². The molecule has 4 heteroatoms. The summed E-state index contributed by atoms with van der Waals surface area (Å²) in [4.78, 5) is 0. The van der Waals surface area contributed by atoms with Gasteiger partial charge in [0, 0.05) is 23.0 Å². The summed E-state index contributed by atoms with van der Waals surface area (Å²) < 4.78 is 26.4. The van der Waals surface area contributed by atoms with Crippen LogP contribution in [0.15, 0.2) is 42.5 Å². The van der Waals surface area contributed by atoms with Crippen LogP contribution in [0.3, 0.4) is 0 Å². The Morgan fingerprint density at radius 1 is 1.05 bits per heavy atom. The minimum Gasteiger partial charge on any atom is -0.382 e. The Hall–Kier alpha value is -2.10. The highest BCUT2D eigenvalue weighted by molar-refractivity contribution is 5.58. The Morgan fingerprint density at radius 3 is 2.50 bits per heavy atom. The summed E-state index contributed by atoms with van der Waals surface area (Å²) in [7, 11) is 0. The average Bonchev–Trinajstić information content (AvgIpc) is 2.42. The average molecular weight is 274 g/mol. The predicted molar refractivity (Wildman–Crippen MR) is 76.9 cm³/mol. The molecule has 2 atom stereocenters. The largest absolute Gasteiger partial charge is 0.382 e. The standard InChI is InChI=1S/C16H16F2N2/c1-10-8-16(20-13-5-2-11(17)3-6-13)14-9-12(18)4-7-15(14)19-10/h2-7,9-10,16,19-20H,8H2,1H3/t10-,16-/m1/s1. The van der Waals surface area contributed by atoms with Gasteiger partial charge < -0.3 is 10.6 Å². The third kappa shape index (κ3) is 2.59. The second kappa shape index (κ2) is 5.12. The predicted octanol–water partition coefficient (Wildman–Crippen LogP) is 4.32. The van der Waals surface area contributed by atoms with Crippen molar-refractivity contribution < 1.29 is 8.78 Å². The van der Waals surface area contributed by atoms with Gasteiger partial charge in [-0.25, -0.2) is 8.78 Å². The zero-order valence-electron chi connectivity index (χ0n) is 11.2. The van der Waals surface area contributed by atoms with E-state index in [1.807, 2.05) is 0 Å². The van der Waals surface area contributed by atoms with Gasteiger partial charge in [0.2, 0.25) is 0 Å². The summed E-state index contributed by atoms with van der Waals surface area (Å²) in [5.74, 6) is -0.508. The van der Waals surface area contributed by atoms with Gasteiger partial charge in [-0.3, -0.25) is 0 Å². The Kier molecular flexibility index (Phi) is 3.30.